The van der Waals surface area contributed by atoms with Gasteiger partial charge in [-0.2, -0.15) is 0 Å². The lowest BCUT2D eigenvalue weighted by Crippen LogP contribution is -2.53. The van der Waals surface area contributed by atoms with E-state index in [2.05, 4.69) is 0 Å². The molecule has 3 rings (SSSR count). The number of ether oxygens (including phenoxy) is 1. The van der Waals surface area contributed by atoms with Crippen LogP contribution in [0.2, 0.25) is 5.02 Å². The fourth-order valence-electron chi connectivity index (χ4n) is 3.37. The lowest BCUT2D eigenvalue weighted by Gasteiger charge is -2.36. The Morgan fingerprint density at radius 1 is 1.15 bits per heavy atom. The monoisotopic (exact) mass is 401 g/mol. The van der Waals surface area contributed by atoms with Gasteiger partial charge in [-0.1, -0.05) is 23.7 Å². The van der Waals surface area contributed by atoms with Crippen LogP contribution in [0.1, 0.15) is 18.4 Å². The Bertz CT molecular complexity index is 636. The summed E-state index contributed by atoms with van der Waals surface area (Å²) < 4.78 is 5.68. The van der Waals surface area contributed by atoms with Gasteiger partial charge in [-0.25, -0.2) is 0 Å². The van der Waals surface area contributed by atoms with Crippen LogP contribution in [0, 0.1) is 0 Å². The van der Waals surface area contributed by atoms with E-state index in [9.17, 15) is 9.59 Å². The Balaban J connectivity index is 0.00000243. The molecule has 2 heterocycles. The number of carbonyl (C=O) groups excluding carboxylic acids is 2. The van der Waals surface area contributed by atoms with E-state index in [0.29, 0.717) is 44.2 Å². The van der Waals surface area contributed by atoms with Crippen LogP contribution in [0.5, 0.6) is 0 Å². The summed E-state index contributed by atoms with van der Waals surface area (Å²) in [6.07, 6.45) is 1.52. The van der Waals surface area contributed by atoms with Gasteiger partial charge >= 0.3 is 0 Å². The third kappa shape index (κ3) is 5.10. The number of rotatable bonds is 4. The number of piperazine rings is 1. The Labute approximate surface area is 165 Å². The number of carbonyl (C=O) groups is 2. The SMILES string of the molecule is Cl.NC[C@H]1CC[C@@H](C(=O)N2CCN(C(=O)Cc3cccc(Cl)c3)CC2)O1. The first-order chi connectivity index (χ1) is 12.1. The average Bonchev–Trinajstić information content (AvgIpc) is 3.10. The molecule has 26 heavy (non-hydrogen) atoms. The molecule has 2 aliphatic heterocycles. The molecule has 0 unspecified atom stereocenters. The van der Waals surface area contributed by atoms with Crippen LogP contribution in [0.15, 0.2) is 24.3 Å². The molecule has 8 heteroatoms. The number of amides is 2. The third-order valence-corrected chi connectivity index (χ3v) is 5.07. The zero-order valence-electron chi connectivity index (χ0n) is 14.6. The fourth-order valence-corrected chi connectivity index (χ4v) is 3.59. The van der Waals surface area contributed by atoms with E-state index in [1.165, 1.54) is 0 Å². The predicted octanol–water partition coefficient (Wildman–Crippen LogP) is 1.48. The second-order valence-electron chi connectivity index (χ2n) is 6.57. The molecule has 144 valence electrons. The molecule has 0 aromatic heterocycles. The van der Waals surface area contributed by atoms with Crippen molar-refractivity contribution in [2.75, 3.05) is 32.7 Å². The molecule has 2 N–H and O–H groups in total. The molecule has 1 aromatic carbocycles. The predicted molar refractivity (Wildman–Crippen MR) is 103 cm³/mol. The molecule has 2 fully saturated rings. The Morgan fingerprint density at radius 2 is 1.85 bits per heavy atom. The average molecular weight is 402 g/mol. The minimum absolute atomic E-state index is 0. The van der Waals surface area contributed by atoms with Gasteiger partial charge in [0.15, 0.2) is 0 Å². The second kappa shape index (κ2) is 9.55. The summed E-state index contributed by atoms with van der Waals surface area (Å²) in [4.78, 5) is 28.5. The van der Waals surface area contributed by atoms with Crippen molar-refractivity contribution < 1.29 is 14.3 Å². The molecule has 2 saturated heterocycles. The maximum atomic E-state index is 12.5. The molecule has 2 atom stereocenters. The van der Waals surface area contributed by atoms with Gasteiger partial charge in [-0.15, -0.1) is 12.4 Å². The molecule has 6 nitrogen and oxygen atoms in total. The quantitative estimate of drug-likeness (QED) is 0.828. The maximum absolute atomic E-state index is 12.5. The van der Waals surface area contributed by atoms with Gasteiger partial charge in [-0.05, 0) is 30.5 Å². The number of hydrogen-bond donors (Lipinski definition) is 1. The molecular weight excluding hydrogens is 377 g/mol. The van der Waals surface area contributed by atoms with Gasteiger partial charge < -0.3 is 20.3 Å². The zero-order chi connectivity index (χ0) is 17.8. The number of nitrogens with zero attached hydrogens (tertiary/aromatic N) is 2. The lowest BCUT2D eigenvalue weighted by atomic mass is 10.1. The van der Waals surface area contributed by atoms with Crippen molar-refractivity contribution in [3.63, 3.8) is 0 Å². The first-order valence-corrected chi connectivity index (χ1v) is 9.11. The van der Waals surface area contributed by atoms with Crippen molar-refractivity contribution >= 4 is 35.8 Å². The zero-order valence-corrected chi connectivity index (χ0v) is 16.2. The highest BCUT2D eigenvalue weighted by molar-refractivity contribution is 6.30. The number of benzene rings is 1. The van der Waals surface area contributed by atoms with Gasteiger partial charge in [0.25, 0.3) is 5.91 Å². The van der Waals surface area contributed by atoms with Crippen LogP contribution >= 0.6 is 24.0 Å². The molecule has 1 aromatic rings. The van der Waals surface area contributed by atoms with E-state index < -0.39 is 0 Å². The summed E-state index contributed by atoms with van der Waals surface area (Å²) in [7, 11) is 0. The minimum atomic E-state index is -0.373. The first-order valence-electron chi connectivity index (χ1n) is 8.73. The van der Waals surface area contributed by atoms with Gasteiger partial charge in [-0.3, -0.25) is 9.59 Å². The summed E-state index contributed by atoms with van der Waals surface area (Å²) >= 11 is 5.96. The number of hydrogen-bond acceptors (Lipinski definition) is 4. The summed E-state index contributed by atoms with van der Waals surface area (Å²) in [6.45, 7) is 2.66. The highest BCUT2D eigenvalue weighted by Gasteiger charge is 2.34. The van der Waals surface area contributed by atoms with Gasteiger partial charge in [0.2, 0.25) is 5.91 Å². The molecule has 2 amide bonds. The normalized spacial score (nSPS) is 22.8. The van der Waals surface area contributed by atoms with Crippen LogP contribution < -0.4 is 5.73 Å². The van der Waals surface area contributed by atoms with Crippen LogP contribution in [0.3, 0.4) is 0 Å². The Kier molecular flexibility index (Phi) is 7.70. The minimum Gasteiger partial charge on any atom is -0.364 e. The molecule has 0 saturated carbocycles. The van der Waals surface area contributed by atoms with E-state index in [0.717, 1.165) is 18.4 Å². The van der Waals surface area contributed by atoms with E-state index in [1.807, 2.05) is 23.1 Å². The third-order valence-electron chi connectivity index (χ3n) is 4.83. The smallest absolute Gasteiger partial charge is 0.251 e. The summed E-state index contributed by atoms with van der Waals surface area (Å²) in [6, 6.07) is 7.34. The van der Waals surface area contributed by atoms with E-state index in [1.54, 1.807) is 11.0 Å². The maximum Gasteiger partial charge on any atom is 0.251 e. The first kappa shape index (κ1) is 21.0. The highest BCUT2D eigenvalue weighted by Crippen LogP contribution is 2.21. The van der Waals surface area contributed by atoms with E-state index in [4.69, 9.17) is 22.1 Å². The summed E-state index contributed by atoms with van der Waals surface area (Å²) in [5.41, 5.74) is 6.50. The molecule has 0 aliphatic carbocycles. The Hall–Kier alpha value is -1.34. The van der Waals surface area contributed by atoms with Crippen LogP contribution in [0.4, 0.5) is 0 Å². The van der Waals surface area contributed by atoms with E-state index >= 15 is 0 Å². The van der Waals surface area contributed by atoms with Crippen molar-refractivity contribution in [3.05, 3.63) is 34.9 Å². The van der Waals surface area contributed by atoms with Gasteiger partial charge in [0, 0.05) is 37.7 Å². The van der Waals surface area contributed by atoms with Crippen LogP contribution in [0.25, 0.3) is 0 Å². The number of halogens is 2. The van der Waals surface area contributed by atoms with Crippen LogP contribution in [-0.4, -0.2) is 66.5 Å². The number of nitrogens with two attached hydrogens (primary N) is 1. The van der Waals surface area contributed by atoms with Gasteiger partial charge in [0.05, 0.1) is 12.5 Å². The van der Waals surface area contributed by atoms with Gasteiger partial charge in [0.1, 0.15) is 6.10 Å². The summed E-state index contributed by atoms with van der Waals surface area (Å²) in [5, 5.41) is 0.632. The molecule has 0 radical (unpaired) electrons. The molecule has 0 spiro atoms. The van der Waals surface area contributed by atoms with Crippen molar-refractivity contribution in [2.45, 2.75) is 31.5 Å². The second-order valence-corrected chi connectivity index (χ2v) is 7.01. The summed E-state index contributed by atoms with van der Waals surface area (Å²) in [5.74, 6) is 0.0903. The van der Waals surface area contributed by atoms with Crippen molar-refractivity contribution in [1.82, 2.24) is 9.80 Å². The molecule has 0 bridgehead atoms. The lowest BCUT2D eigenvalue weighted by molar-refractivity contribution is -0.147. The van der Waals surface area contributed by atoms with Crippen molar-refractivity contribution in [3.8, 4) is 0 Å². The Morgan fingerprint density at radius 3 is 2.46 bits per heavy atom. The topological polar surface area (TPSA) is 75.9 Å². The van der Waals surface area contributed by atoms with Crippen LogP contribution in [-0.2, 0) is 20.7 Å². The molecule has 2 aliphatic rings. The standard InChI is InChI=1S/C18H24ClN3O3.ClH/c19-14-3-1-2-13(10-14)11-17(23)21-6-8-22(9-7-21)18(24)16-5-4-15(12-20)25-16;/h1-3,10,15-16H,4-9,11-12,20H2;1H/t15-,16+;/m1./s1. The van der Waals surface area contributed by atoms with E-state index in [-0.39, 0.29) is 36.4 Å². The van der Waals surface area contributed by atoms with Crippen molar-refractivity contribution in [2.24, 2.45) is 5.73 Å². The molecular formula is C18H25Cl2N3O3. The largest absolute Gasteiger partial charge is 0.364 e. The van der Waals surface area contributed by atoms with Crippen molar-refractivity contribution in [1.29, 1.82) is 0 Å². The highest BCUT2D eigenvalue weighted by atomic mass is 35.5. The fraction of sp³-hybridized carbons (Fsp3) is 0.556.